The molecule has 1 saturated carbocycles. The summed E-state index contributed by atoms with van der Waals surface area (Å²) in [4.78, 5) is 12.8. The quantitative estimate of drug-likeness (QED) is 0.653. The van der Waals surface area contributed by atoms with Crippen molar-refractivity contribution in [2.45, 2.75) is 69.3 Å². The van der Waals surface area contributed by atoms with Crippen molar-refractivity contribution < 1.29 is 17.9 Å². The zero-order chi connectivity index (χ0) is 20.7. The zero-order valence-electron chi connectivity index (χ0n) is 17.4. The van der Waals surface area contributed by atoms with E-state index in [2.05, 4.69) is 5.32 Å². The van der Waals surface area contributed by atoms with Crippen molar-refractivity contribution in [2.75, 3.05) is 26.2 Å². The van der Waals surface area contributed by atoms with Gasteiger partial charge in [-0.15, -0.1) is 0 Å². The fourth-order valence-electron chi connectivity index (χ4n) is 4.14. The number of piperidine rings is 1. The molecule has 0 radical (unpaired) electrons. The van der Waals surface area contributed by atoms with Gasteiger partial charge in [0, 0.05) is 26.2 Å². The summed E-state index contributed by atoms with van der Waals surface area (Å²) in [6.07, 6.45) is 8.74. The number of nitrogens with one attached hydrogen (secondary N) is 1. The predicted molar refractivity (Wildman–Crippen MR) is 113 cm³/mol. The molecule has 1 atom stereocenters. The lowest BCUT2D eigenvalue weighted by Crippen LogP contribution is -2.45. The van der Waals surface area contributed by atoms with Crippen molar-refractivity contribution in [1.29, 1.82) is 0 Å². The Kier molecular flexibility index (Phi) is 8.09. The lowest BCUT2D eigenvalue weighted by Gasteiger charge is -2.31. The minimum Gasteiger partial charge on any atom is -0.378 e. The van der Waals surface area contributed by atoms with E-state index in [0.29, 0.717) is 37.1 Å². The molecule has 7 heteroatoms. The summed E-state index contributed by atoms with van der Waals surface area (Å²) < 4.78 is 33.1. The maximum atomic E-state index is 12.9. The van der Waals surface area contributed by atoms with Crippen LogP contribution in [0.3, 0.4) is 0 Å². The third-order valence-electron chi connectivity index (χ3n) is 5.94. The summed E-state index contributed by atoms with van der Waals surface area (Å²) in [6.45, 7) is 3.89. The van der Waals surface area contributed by atoms with Gasteiger partial charge in [-0.05, 0) is 51.2 Å². The Bertz CT molecular complexity index is 758. The average Bonchev–Trinajstić information content (AvgIpc) is 2.74. The second-order valence-corrected chi connectivity index (χ2v) is 10.2. The third kappa shape index (κ3) is 6.27. The second kappa shape index (κ2) is 10.5. The van der Waals surface area contributed by atoms with Crippen LogP contribution in [0.5, 0.6) is 0 Å². The molecule has 162 valence electrons. The maximum Gasteiger partial charge on any atom is 0.243 e. The van der Waals surface area contributed by atoms with Crippen LogP contribution in [0.25, 0.3) is 0 Å². The van der Waals surface area contributed by atoms with E-state index < -0.39 is 10.0 Å². The van der Waals surface area contributed by atoms with Crippen molar-refractivity contribution >= 4 is 15.9 Å². The number of hydrogen-bond donors (Lipinski definition) is 1. The van der Waals surface area contributed by atoms with Gasteiger partial charge in [0.25, 0.3) is 0 Å². The van der Waals surface area contributed by atoms with E-state index in [4.69, 9.17) is 4.74 Å². The van der Waals surface area contributed by atoms with Crippen LogP contribution < -0.4 is 5.32 Å². The summed E-state index contributed by atoms with van der Waals surface area (Å²) in [5.74, 6) is -0.338. The third-order valence-corrected chi connectivity index (χ3v) is 7.82. The van der Waals surface area contributed by atoms with Crippen LogP contribution >= 0.6 is 0 Å². The minimum atomic E-state index is -3.55. The topological polar surface area (TPSA) is 75.7 Å². The molecule has 1 amide bonds. The maximum absolute atomic E-state index is 12.9. The number of ether oxygens (including phenoxy) is 1. The SMILES string of the molecule is Cc1ccc(S(=O)(=O)N2CCCC(C(=O)NCCCOC3CCCCC3)C2)cc1. The number of carbonyl (C=O) groups is 1. The number of aryl methyl sites for hydroxylation is 1. The largest absolute Gasteiger partial charge is 0.378 e. The van der Waals surface area contributed by atoms with Crippen molar-refractivity contribution in [3.63, 3.8) is 0 Å². The normalized spacial score (nSPS) is 21.8. The van der Waals surface area contributed by atoms with E-state index in [9.17, 15) is 13.2 Å². The first-order valence-corrected chi connectivity index (χ1v) is 12.4. The lowest BCUT2D eigenvalue weighted by molar-refractivity contribution is -0.126. The summed E-state index contributed by atoms with van der Waals surface area (Å²) in [6, 6.07) is 6.88. The zero-order valence-corrected chi connectivity index (χ0v) is 18.3. The van der Waals surface area contributed by atoms with Crippen molar-refractivity contribution in [2.24, 2.45) is 5.92 Å². The Labute approximate surface area is 175 Å². The molecule has 1 aliphatic heterocycles. The molecular weight excluding hydrogens is 388 g/mol. The van der Waals surface area contributed by atoms with Gasteiger partial charge in [-0.2, -0.15) is 4.31 Å². The molecule has 1 aliphatic carbocycles. The Morgan fingerprint density at radius 2 is 1.83 bits per heavy atom. The van der Waals surface area contributed by atoms with Gasteiger partial charge >= 0.3 is 0 Å². The van der Waals surface area contributed by atoms with E-state index in [1.807, 2.05) is 6.92 Å². The van der Waals surface area contributed by atoms with Crippen LogP contribution in [-0.4, -0.2) is 51.0 Å². The van der Waals surface area contributed by atoms with Gasteiger partial charge in [0.15, 0.2) is 0 Å². The van der Waals surface area contributed by atoms with Crippen LogP contribution in [0, 0.1) is 12.8 Å². The molecule has 1 aromatic rings. The van der Waals surface area contributed by atoms with E-state index in [1.165, 1.54) is 23.6 Å². The van der Waals surface area contributed by atoms with Crippen LogP contribution in [0.15, 0.2) is 29.2 Å². The smallest absolute Gasteiger partial charge is 0.243 e. The first-order chi connectivity index (χ1) is 14.0. The number of rotatable bonds is 8. The van der Waals surface area contributed by atoms with Crippen molar-refractivity contribution in [3.05, 3.63) is 29.8 Å². The van der Waals surface area contributed by atoms with Gasteiger partial charge in [0.2, 0.25) is 15.9 Å². The molecule has 0 aromatic heterocycles. The number of amides is 1. The van der Waals surface area contributed by atoms with E-state index in [1.54, 1.807) is 24.3 Å². The molecule has 6 nitrogen and oxygen atoms in total. The molecule has 1 aromatic carbocycles. The average molecular weight is 423 g/mol. The van der Waals surface area contributed by atoms with Gasteiger partial charge in [0.1, 0.15) is 0 Å². The highest BCUT2D eigenvalue weighted by Crippen LogP contribution is 2.24. The fraction of sp³-hybridized carbons (Fsp3) is 0.682. The molecule has 2 aliphatic rings. The second-order valence-electron chi connectivity index (χ2n) is 8.29. The fourth-order valence-corrected chi connectivity index (χ4v) is 5.67. The molecule has 1 unspecified atom stereocenters. The first kappa shape index (κ1) is 22.2. The summed E-state index contributed by atoms with van der Waals surface area (Å²) in [7, 11) is -3.55. The Morgan fingerprint density at radius 3 is 2.55 bits per heavy atom. The molecule has 1 N–H and O–H groups in total. The van der Waals surface area contributed by atoms with Crippen LogP contribution in [0.2, 0.25) is 0 Å². The molecule has 0 spiro atoms. The van der Waals surface area contributed by atoms with E-state index in [0.717, 1.165) is 31.2 Å². The lowest BCUT2D eigenvalue weighted by atomic mass is 9.98. The Balaban J connectivity index is 1.43. The predicted octanol–water partition coefficient (Wildman–Crippen LogP) is 3.25. The molecule has 1 saturated heterocycles. The molecule has 0 bridgehead atoms. The number of nitrogens with zero attached hydrogens (tertiary/aromatic N) is 1. The number of hydrogen-bond acceptors (Lipinski definition) is 4. The Hall–Kier alpha value is -1.44. The Morgan fingerprint density at radius 1 is 1.10 bits per heavy atom. The van der Waals surface area contributed by atoms with Crippen molar-refractivity contribution in [1.82, 2.24) is 9.62 Å². The summed E-state index contributed by atoms with van der Waals surface area (Å²) >= 11 is 0. The van der Waals surface area contributed by atoms with Gasteiger partial charge in [0.05, 0.1) is 16.9 Å². The van der Waals surface area contributed by atoms with E-state index >= 15 is 0 Å². The number of sulfonamides is 1. The first-order valence-electron chi connectivity index (χ1n) is 10.9. The minimum absolute atomic E-state index is 0.0496. The number of benzene rings is 1. The van der Waals surface area contributed by atoms with Gasteiger partial charge in [-0.25, -0.2) is 8.42 Å². The van der Waals surface area contributed by atoms with Gasteiger partial charge < -0.3 is 10.1 Å². The summed E-state index contributed by atoms with van der Waals surface area (Å²) in [5, 5.41) is 2.97. The van der Waals surface area contributed by atoms with Gasteiger partial charge in [-0.1, -0.05) is 37.0 Å². The molecule has 1 heterocycles. The molecule has 29 heavy (non-hydrogen) atoms. The highest BCUT2D eigenvalue weighted by atomic mass is 32.2. The molecule has 3 rings (SSSR count). The van der Waals surface area contributed by atoms with Crippen LogP contribution in [-0.2, 0) is 19.6 Å². The molecular formula is C22H34N2O4S. The molecule has 2 fully saturated rings. The highest BCUT2D eigenvalue weighted by molar-refractivity contribution is 7.89. The van der Waals surface area contributed by atoms with Crippen LogP contribution in [0.4, 0.5) is 0 Å². The highest BCUT2D eigenvalue weighted by Gasteiger charge is 2.33. The van der Waals surface area contributed by atoms with Crippen LogP contribution in [0.1, 0.15) is 56.9 Å². The van der Waals surface area contributed by atoms with Crippen molar-refractivity contribution in [3.8, 4) is 0 Å². The monoisotopic (exact) mass is 422 g/mol. The standard InChI is InChI=1S/C22H34N2O4S/c1-18-10-12-21(13-11-18)29(26,27)24-15-5-7-19(17-24)22(25)23-14-6-16-28-20-8-3-2-4-9-20/h10-13,19-20H,2-9,14-17H2,1H3,(H,23,25). The summed E-state index contributed by atoms with van der Waals surface area (Å²) in [5.41, 5.74) is 1.02. The van der Waals surface area contributed by atoms with Gasteiger partial charge in [-0.3, -0.25) is 4.79 Å². The number of carbonyl (C=O) groups excluding carboxylic acids is 1. The van der Waals surface area contributed by atoms with E-state index in [-0.39, 0.29) is 18.4 Å².